The van der Waals surface area contributed by atoms with Gasteiger partial charge in [0.15, 0.2) is 0 Å². The smallest absolute Gasteiger partial charge is 0.410 e. The Morgan fingerprint density at radius 2 is 1.92 bits per heavy atom. The monoisotopic (exact) mass is 341 g/mol. The Balaban J connectivity index is 2.66. The molecule has 6 heteroatoms. The van der Waals surface area contributed by atoms with Gasteiger partial charge in [0.2, 0.25) is 5.91 Å². The number of ether oxygens (including phenoxy) is 1. The largest absolute Gasteiger partial charge is 0.444 e. The second kappa shape index (κ2) is 7.72. The quantitative estimate of drug-likeness (QED) is 0.852. The third-order valence-corrected chi connectivity index (χ3v) is 4.71. The molecule has 1 fully saturated rings. The van der Waals surface area contributed by atoms with Crippen LogP contribution in [0.25, 0.3) is 0 Å². The molecule has 1 rings (SSSR count). The van der Waals surface area contributed by atoms with Gasteiger partial charge in [-0.05, 0) is 45.4 Å². The van der Waals surface area contributed by atoms with E-state index in [9.17, 15) is 9.59 Å². The van der Waals surface area contributed by atoms with Crippen molar-refractivity contribution in [1.29, 1.82) is 0 Å². The van der Waals surface area contributed by atoms with Crippen molar-refractivity contribution < 1.29 is 14.3 Å². The highest BCUT2D eigenvalue weighted by molar-refractivity contribution is 5.80. The lowest BCUT2D eigenvalue weighted by Gasteiger charge is -2.44. The van der Waals surface area contributed by atoms with E-state index in [1.54, 1.807) is 23.9 Å². The lowest BCUT2D eigenvalue weighted by Crippen LogP contribution is -2.53. The fourth-order valence-corrected chi connectivity index (χ4v) is 2.86. The Labute approximate surface area is 146 Å². The molecule has 0 spiro atoms. The molecule has 0 aliphatic carbocycles. The molecule has 24 heavy (non-hydrogen) atoms. The zero-order valence-electron chi connectivity index (χ0n) is 16.6. The van der Waals surface area contributed by atoms with E-state index in [-0.39, 0.29) is 29.4 Å². The maximum absolute atomic E-state index is 12.3. The van der Waals surface area contributed by atoms with Gasteiger partial charge < -0.3 is 19.9 Å². The molecule has 0 aromatic rings. The van der Waals surface area contributed by atoms with Gasteiger partial charge in [-0.3, -0.25) is 4.79 Å². The average molecular weight is 341 g/mol. The van der Waals surface area contributed by atoms with Crippen LogP contribution in [0.2, 0.25) is 0 Å². The van der Waals surface area contributed by atoms with Crippen LogP contribution in [0.3, 0.4) is 0 Å². The summed E-state index contributed by atoms with van der Waals surface area (Å²) in [6, 6.07) is -0.229. The van der Waals surface area contributed by atoms with E-state index in [1.165, 1.54) is 0 Å². The van der Waals surface area contributed by atoms with Crippen molar-refractivity contribution >= 4 is 12.0 Å². The van der Waals surface area contributed by atoms with Gasteiger partial charge in [0, 0.05) is 33.7 Å². The maximum atomic E-state index is 12.3. The van der Waals surface area contributed by atoms with E-state index >= 15 is 0 Å². The summed E-state index contributed by atoms with van der Waals surface area (Å²) in [6.45, 7) is 14.0. The molecular formula is C18H35N3O3. The number of amides is 2. The highest BCUT2D eigenvalue weighted by atomic mass is 16.6. The van der Waals surface area contributed by atoms with Crippen LogP contribution in [0, 0.1) is 11.3 Å². The minimum Gasteiger partial charge on any atom is -0.444 e. The summed E-state index contributed by atoms with van der Waals surface area (Å²) in [4.78, 5) is 27.7. The summed E-state index contributed by atoms with van der Waals surface area (Å²) in [6.07, 6.45) is 0.676. The van der Waals surface area contributed by atoms with Gasteiger partial charge >= 0.3 is 6.09 Å². The topological polar surface area (TPSA) is 61.9 Å². The Hall–Kier alpha value is -1.30. The molecule has 1 aliphatic heterocycles. The first-order chi connectivity index (χ1) is 10.8. The van der Waals surface area contributed by atoms with Gasteiger partial charge in [-0.15, -0.1) is 0 Å². The summed E-state index contributed by atoms with van der Waals surface area (Å²) in [5.41, 5.74) is -0.364. The predicted octanol–water partition coefficient (Wildman–Crippen LogP) is 2.34. The molecule has 2 atom stereocenters. The van der Waals surface area contributed by atoms with E-state index in [4.69, 9.17) is 4.74 Å². The molecule has 6 nitrogen and oxygen atoms in total. The molecule has 1 aliphatic rings. The minimum absolute atomic E-state index is 0.0626. The van der Waals surface area contributed by atoms with E-state index in [0.717, 1.165) is 6.42 Å². The van der Waals surface area contributed by atoms with Crippen molar-refractivity contribution in [3.63, 3.8) is 0 Å². The second-order valence-corrected chi connectivity index (χ2v) is 8.72. The fourth-order valence-electron chi connectivity index (χ4n) is 2.86. The number of likely N-dealkylation sites (tertiary alicyclic amines) is 1. The average Bonchev–Trinajstić information content (AvgIpc) is 2.42. The summed E-state index contributed by atoms with van der Waals surface area (Å²) in [7, 11) is 3.52. The van der Waals surface area contributed by atoms with Crippen LogP contribution < -0.4 is 5.32 Å². The number of carbonyl (C=O) groups is 2. The SMILES string of the molecule is C[C@H](NCC1CN(C(=O)OC(C)(C)C)CCC1(C)C)C(=O)N(C)C. The van der Waals surface area contributed by atoms with E-state index < -0.39 is 5.60 Å². The van der Waals surface area contributed by atoms with Gasteiger partial charge in [0.05, 0.1) is 6.04 Å². The molecule has 1 unspecified atom stereocenters. The fraction of sp³-hybridized carbons (Fsp3) is 0.889. The van der Waals surface area contributed by atoms with E-state index in [0.29, 0.717) is 19.6 Å². The zero-order valence-corrected chi connectivity index (χ0v) is 16.6. The third-order valence-electron chi connectivity index (χ3n) is 4.71. The van der Waals surface area contributed by atoms with Crippen LogP contribution in [-0.2, 0) is 9.53 Å². The van der Waals surface area contributed by atoms with Gasteiger partial charge in [-0.25, -0.2) is 4.79 Å². The van der Waals surface area contributed by atoms with Gasteiger partial charge in [0.1, 0.15) is 5.60 Å². The van der Waals surface area contributed by atoms with Crippen molar-refractivity contribution in [2.45, 2.75) is 59.6 Å². The number of carbonyl (C=O) groups excluding carboxylic acids is 2. The van der Waals surface area contributed by atoms with Gasteiger partial charge in [-0.1, -0.05) is 13.8 Å². The predicted molar refractivity (Wildman–Crippen MR) is 95.9 cm³/mol. The molecule has 0 radical (unpaired) electrons. The Bertz CT molecular complexity index is 455. The molecule has 1 saturated heterocycles. The van der Waals surface area contributed by atoms with Crippen LogP contribution in [0.1, 0.15) is 48.0 Å². The van der Waals surface area contributed by atoms with Gasteiger partial charge in [-0.2, -0.15) is 0 Å². The highest BCUT2D eigenvalue weighted by Crippen LogP contribution is 2.35. The third kappa shape index (κ3) is 5.96. The van der Waals surface area contributed by atoms with Crippen LogP contribution >= 0.6 is 0 Å². The molecule has 2 amide bonds. The Morgan fingerprint density at radius 3 is 2.42 bits per heavy atom. The van der Waals surface area contributed by atoms with Gasteiger partial charge in [0.25, 0.3) is 0 Å². The summed E-state index contributed by atoms with van der Waals surface area (Å²) < 4.78 is 5.49. The maximum Gasteiger partial charge on any atom is 0.410 e. The standard InChI is InChI=1S/C18H35N3O3/c1-13(15(22)20(7)8)19-11-14-12-21(10-9-18(14,5)6)16(23)24-17(2,3)4/h13-14,19H,9-12H2,1-8H3/t13-,14?/m0/s1. The van der Waals surface area contributed by atoms with Crippen LogP contribution in [0.15, 0.2) is 0 Å². The lowest BCUT2D eigenvalue weighted by molar-refractivity contribution is -0.130. The van der Waals surface area contributed by atoms with E-state index in [1.807, 2.05) is 27.7 Å². The van der Waals surface area contributed by atoms with Crippen LogP contribution in [0.4, 0.5) is 4.79 Å². The number of likely N-dealkylation sites (N-methyl/N-ethyl adjacent to an activating group) is 1. The minimum atomic E-state index is -0.482. The lowest BCUT2D eigenvalue weighted by atomic mass is 9.73. The molecule has 1 N–H and O–H groups in total. The number of nitrogens with zero attached hydrogens (tertiary/aromatic N) is 2. The summed E-state index contributed by atoms with van der Waals surface area (Å²) in [5.74, 6) is 0.337. The van der Waals surface area contributed by atoms with Crippen molar-refractivity contribution in [2.24, 2.45) is 11.3 Å². The molecular weight excluding hydrogens is 306 g/mol. The number of rotatable bonds is 4. The number of piperidine rings is 1. The first kappa shape index (κ1) is 20.7. The number of hydrogen-bond donors (Lipinski definition) is 1. The Kier molecular flexibility index (Phi) is 6.67. The molecule has 0 saturated carbocycles. The molecule has 0 aromatic carbocycles. The number of nitrogens with one attached hydrogen (secondary N) is 1. The number of hydrogen-bond acceptors (Lipinski definition) is 4. The normalized spacial score (nSPS) is 22.0. The zero-order chi connectivity index (χ0) is 18.7. The van der Waals surface area contributed by atoms with E-state index in [2.05, 4.69) is 19.2 Å². The summed E-state index contributed by atoms with van der Waals surface area (Å²) >= 11 is 0. The first-order valence-electron chi connectivity index (χ1n) is 8.76. The molecule has 140 valence electrons. The van der Waals surface area contributed by atoms with Crippen LogP contribution in [-0.4, -0.2) is 67.2 Å². The van der Waals surface area contributed by atoms with Crippen LogP contribution in [0.5, 0.6) is 0 Å². The highest BCUT2D eigenvalue weighted by Gasteiger charge is 2.38. The second-order valence-electron chi connectivity index (χ2n) is 8.72. The van der Waals surface area contributed by atoms with Crippen molar-refractivity contribution in [2.75, 3.05) is 33.7 Å². The molecule has 1 heterocycles. The van der Waals surface area contributed by atoms with Crippen molar-refractivity contribution in [3.8, 4) is 0 Å². The first-order valence-corrected chi connectivity index (χ1v) is 8.76. The van der Waals surface area contributed by atoms with Crippen molar-refractivity contribution in [1.82, 2.24) is 15.1 Å². The Morgan fingerprint density at radius 1 is 1.33 bits per heavy atom. The molecule has 0 aromatic heterocycles. The summed E-state index contributed by atoms with van der Waals surface area (Å²) in [5, 5.41) is 3.33. The van der Waals surface area contributed by atoms with Crippen molar-refractivity contribution in [3.05, 3.63) is 0 Å². The molecule has 0 bridgehead atoms.